The molecular weight excluding hydrogens is 350 g/mol. The van der Waals surface area contributed by atoms with Crippen molar-refractivity contribution in [2.45, 2.75) is 50.4 Å². The SMILES string of the molecule is CCC(=O)N1CCC2(CC1)C[C@@H](CC(=O)N1CCN(C)CC1)c1ccccc12. The second-order valence-electron chi connectivity index (χ2n) is 8.89. The fraction of sp³-hybridized carbons (Fsp3) is 0.652. The molecular formula is C23H33N3O2. The molecule has 3 aliphatic rings. The molecule has 2 saturated heterocycles. The molecule has 2 fully saturated rings. The number of fused-ring (bicyclic) bond motifs is 2. The minimum Gasteiger partial charge on any atom is -0.343 e. The van der Waals surface area contributed by atoms with Crippen molar-refractivity contribution in [1.82, 2.24) is 14.7 Å². The first kappa shape index (κ1) is 19.4. The average Bonchev–Trinajstić information content (AvgIpc) is 3.02. The van der Waals surface area contributed by atoms with Crippen molar-refractivity contribution in [2.24, 2.45) is 0 Å². The van der Waals surface area contributed by atoms with Gasteiger partial charge in [-0.2, -0.15) is 0 Å². The summed E-state index contributed by atoms with van der Waals surface area (Å²) in [4.78, 5) is 31.4. The molecule has 1 aliphatic carbocycles. The second kappa shape index (κ2) is 7.86. The smallest absolute Gasteiger partial charge is 0.223 e. The van der Waals surface area contributed by atoms with Gasteiger partial charge in [0.15, 0.2) is 0 Å². The Hall–Kier alpha value is -1.88. The van der Waals surface area contributed by atoms with Crippen LogP contribution >= 0.6 is 0 Å². The van der Waals surface area contributed by atoms with Gasteiger partial charge < -0.3 is 14.7 Å². The highest BCUT2D eigenvalue weighted by Crippen LogP contribution is 2.52. The Bertz CT molecular complexity index is 731. The summed E-state index contributed by atoms with van der Waals surface area (Å²) >= 11 is 0. The maximum atomic E-state index is 13.0. The van der Waals surface area contributed by atoms with E-state index in [1.807, 2.05) is 11.8 Å². The van der Waals surface area contributed by atoms with Gasteiger partial charge in [0, 0.05) is 52.1 Å². The number of rotatable bonds is 3. The fourth-order valence-electron chi connectivity index (χ4n) is 5.49. The maximum absolute atomic E-state index is 13.0. The Morgan fingerprint density at radius 2 is 1.61 bits per heavy atom. The lowest BCUT2D eigenvalue weighted by Crippen LogP contribution is -2.47. The predicted octanol–water partition coefficient (Wildman–Crippen LogP) is 2.61. The summed E-state index contributed by atoms with van der Waals surface area (Å²) in [6.45, 7) is 7.28. The third kappa shape index (κ3) is 3.57. The number of carbonyl (C=O) groups is 2. The van der Waals surface area contributed by atoms with E-state index in [9.17, 15) is 9.59 Å². The van der Waals surface area contributed by atoms with Crippen molar-refractivity contribution in [3.05, 3.63) is 35.4 Å². The average molecular weight is 384 g/mol. The molecule has 1 atom stereocenters. The number of hydrogen-bond acceptors (Lipinski definition) is 3. The zero-order valence-electron chi connectivity index (χ0n) is 17.3. The maximum Gasteiger partial charge on any atom is 0.223 e. The monoisotopic (exact) mass is 383 g/mol. The molecule has 1 aromatic carbocycles. The van der Waals surface area contributed by atoms with Crippen LogP contribution in [0.3, 0.4) is 0 Å². The van der Waals surface area contributed by atoms with Gasteiger partial charge in [0.25, 0.3) is 0 Å². The number of piperazine rings is 1. The van der Waals surface area contributed by atoms with Gasteiger partial charge in [-0.15, -0.1) is 0 Å². The van der Waals surface area contributed by atoms with Crippen LogP contribution in [-0.2, 0) is 15.0 Å². The number of carbonyl (C=O) groups excluding carboxylic acids is 2. The van der Waals surface area contributed by atoms with E-state index < -0.39 is 0 Å². The third-order valence-corrected chi connectivity index (χ3v) is 7.26. The quantitative estimate of drug-likeness (QED) is 0.806. The summed E-state index contributed by atoms with van der Waals surface area (Å²) in [7, 11) is 2.12. The number of hydrogen-bond donors (Lipinski definition) is 0. The van der Waals surface area contributed by atoms with Gasteiger partial charge in [0.05, 0.1) is 0 Å². The predicted molar refractivity (Wildman–Crippen MR) is 110 cm³/mol. The summed E-state index contributed by atoms with van der Waals surface area (Å²) in [5.74, 6) is 0.892. The van der Waals surface area contributed by atoms with Gasteiger partial charge >= 0.3 is 0 Å². The molecule has 5 nitrogen and oxygen atoms in total. The van der Waals surface area contributed by atoms with E-state index >= 15 is 0 Å². The zero-order chi connectivity index (χ0) is 19.7. The minimum atomic E-state index is 0.147. The molecule has 1 spiro atoms. The number of likely N-dealkylation sites (N-methyl/N-ethyl adjacent to an activating group) is 1. The fourth-order valence-corrected chi connectivity index (χ4v) is 5.49. The molecule has 1 aromatic rings. The molecule has 2 amide bonds. The van der Waals surface area contributed by atoms with Crippen LogP contribution in [0.4, 0.5) is 0 Å². The lowest BCUT2D eigenvalue weighted by atomic mass is 9.73. The molecule has 0 saturated carbocycles. The molecule has 28 heavy (non-hydrogen) atoms. The third-order valence-electron chi connectivity index (χ3n) is 7.26. The molecule has 4 rings (SSSR count). The lowest BCUT2D eigenvalue weighted by molar-refractivity contribution is -0.133. The van der Waals surface area contributed by atoms with Gasteiger partial charge in [-0.05, 0) is 48.8 Å². The van der Waals surface area contributed by atoms with Gasteiger partial charge in [-0.25, -0.2) is 0 Å². The first-order chi connectivity index (χ1) is 13.5. The number of amides is 2. The molecule has 0 radical (unpaired) electrons. The summed E-state index contributed by atoms with van der Waals surface area (Å²) in [5, 5.41) is 0. The highest BCUT2D eigenvalue weighted by Gasteiger charge is 2.46. The summed E-state index contributed by atoms with van der Waals surface area (Å²) < 4.78 is 0. The summed E-state index contributed by atoms with van der Waals surface area (Å²) in [5.41, 5.74) is 2.96. The number of nitrogens with zero attached hydrogens (tertiary/aromatic N) is 3. The Morgan fingerprint density at radius 3 is 2.29 bits per heavy atom. The van der Waals surface area contributed by atoms with Crippen LogP contribution in [0.15, 0.2) is 24.3 Å². The minimum absolute atomic E-state index is 0.147. The van der Waals surface area contributed by atoms with E-state index in [0.29, 0.717) is 24.7 Å². The molecule has 0 N–H and O–H groups in total. The zero-order valence-corrected chi connectivity index (χ0v) is 17.3. The standard InChI is InChI=1S/C23H33N3O2/c1-3-21(27)25-10-8-23(9-11-25)17-18(19-6-4-5-7-20(19)23)16-22(28)26-14-12-24(2)13-15-26/h4-7,18H,3,8-17H2,1-2H3/t18-/m1/s1. The van der Waals surface area contributed by atoms with E-state index in [1.165, 1.54) is 11.1 Å². The molecule has 0 bridgehead atoms. The number of likely N-dealkylation sites (tertiary alicyclic amines) is 1. The van der Waals surface area contributed by atoms with Crippen LogP contribution in [0.2, 0.25) is 0 Å². The largest absolute Gasteiger partial charge is 0.343 e. The molecule has 0 unspecified atom stereocenters. The highest BCUT2D eigenvalue weighted by molar-refractivity contribution is 5.78. The van der Waals surface area contributed by atoms with Crippen LogP contribution in [0, 0.1) is 0 Å². The van der Waals surface area contributed by atoms with Gasteiger partial charge in [-0.1, -0.05) is 31.2 Å². The second-order valence-corrected chi connectivity index (χ2v) is 8.89. The van der Waals surface area contributed by atoms with Crippen molar-refractivity contribution in [2.75, 3.05) is 46.3 Å². The first-order valence-corrected chi connectivity index (χ1v) is 10.9. The van der Waals surface area contributed by atoms with Crippen LogP contribution in [0.5, 0.6) is 0 Å². The number of benzene rings is 1. The van der Waals surface area contributed by atoms with Crippen molar-refractivity contribution in [3.63, 3.8) is 0 Å². The lowest BCUT2D eigenvalue weighted by Gasteiger charge is -2.40. The van der Waals surface area contributed by atoms with E-state index in [1.54, 1.807) is 0 Å². The molecule has 2 heterocycles. The van der Waals surface area contributed by atoms with E-state index in [0.717, 1.165) is 58.5 Å². The summed E-state index contributed by atoms with van der Waals surface area (Å²) in [6, 6.07) is 8.75. The van der Waals surface area contributed by atoms with Crippen LogP contribution < -0.4 is 0 Å². The highest BCUT2D eigenvalue weighted by atomic mass is 16.2. The normalized spacial score (nSPS) is 24.4. The van der Waals surface area contributed by atoms with Crippen LogP contribution in [0.25, 0.3) is 0 Å². The van der Waals surface area contributed by atoms with Gasteiger partial charge in [0.1, 0.15) is 0 Å². The van der Waals surface area contributed by atoms with Gasteiger partial charge in [-0.3, -0.25) is 9.59 Å². The van der Waals surface area contributed by atoms with Crippen LogP contribution in [-0.4, -0.2) is 72.8 Å². The van der Waals surface area contributed by atoms with Crippen LogP contribution in [0.1, 0.15) is 56.1 Å². The Morgan fingerprint density at radius 1 is 0.964 bits per heavy atom. The Kier molecular flexibility index (Phi) is 5.46. The van der Waals surface area contributed by atoms with Crippen molar-refractivity contribution in [1.29, 1.82) is 0 Å². The Balaban J connectivity index is 1.48. The van der Waals surface area contributed by atoms with Crippen molar-refractivity contribution in [3.8, 4) is 0 Å². The number of piperidine rings is 1. The van der Waals surface area contributed by atoms with E-state index in [2.05, 4.69) is 41.1 Å². The molecule has 152 valence electrons. The van der Waals surface area contributed by atoms with Crippen molar-refractivity contribution < 1.29 is 9.59 Å². The van der Waals surface area contributed by atoms with E-state index in [4.69, 9.17) is 0 Å². The topological polar surface area (TPSA) is 43.9 Å². The van der Waals surface area contributed by atoms with Crippen molar-refractivity contribution >= 4 is 11.8 Å². The molecule has 2 aliphatic heterocycles. The van der Waals surface area contributed by atoms with E-state index in [-0.39, 0.29) is 11.3 Å². The summed E-state index contributed by atoms with van der Waals surface area (Å²) in [6.07, 6.45) is 4.32. The van der Waals surface area contributed by atoms with Gasteiger partial charge in [0.2, 0.25) is 11.8 Å². The molecule has 5 heteroatoms. The molecule has 0 aromatic heterocycles. The first-order valence-electron chi connectivity index (χ1n) is 10.9. The Labute approximate surface area is 168 Å².